The molecule has 0 radical (unpaired) electrons. The topological polar surface area (TPSA) is 128 Å². The van der Waals surface area contributed by atoms with E-state index in [1.54, 1.807) is 0 Å². The summed E-state index contributed by atoms with van der Waals surface area (Å²) in [5, 5.41) is 32.6. The van der Waals surface area contributed by atoms with E-state index < -0.39 is 37.3 Å². The Bertz CT molecular complexity index is 494. The van der Waals surface area contributed by atoms with Crippen molar-refractivity contribution in [3.05, 3.63) is 46.3 Å². The van der Waals surface area contributed by atoms with E-state index in [1.807, 2.05) is 30.3 Å². The fourth-order valence-electron chi connectivity index (χ4n) is 2.18. The quantitative estimate of drug-likeness (QED) is 0.409. The smallest absolute Gasteiger partial charge is 0.165 e. The van der Waals surface area contributed by atoms with Crippen molar-refractivity contribution in [3.63, 3.8) is 0 Å². The molecule has 1 saturated heterocycles. The highest BCUT2D eigenvalue weighted by Crippen LogP contribution is 2.25. The maximum Gasteiger partial charge on any atom is 0.165 e. The van der Waals surface area contributed by atoms with Gasteiger partial charge in [0, 0.05) is 4.91 Å². The highest BCUT2D eigenvalue weighted by Gasteiger charge is 2.44. The molecule has 1 aromatic rings. The third-order valence-corrected chi connectivity index (χ3v) is 3.29. The van der Waals surface area contributed by atoms with Crippen LogP contribution in [0.1, 0.15) is 5.56 Å². The molecule has 0 bridgehead atoms. The largest absolute Gasteiger partial charge is 0.394 e. The lowest BCUT2D eigenvalue weighted by atomic mass is 9.98. The Morgan fingerprint density at radius 1 is 1.24 bits per heavy atom. The first kappa shape index (κ1) is 15.7. The number of aliphatic hydroxyl groups excluding tert-OH is 3. The SMILES string of the molecule is [N-]=[N+]=NC1O[C@H](CO)[C@@H](O)[C@H](OCc2ccccc2)[C@H]1O. The fraction of sp³-hybridized carbons (Fsp3) is 0.538. The molecular weight excluding hydrogens is 278 g/mol. The number of rotatable bonds is 5. The van der Waals surface area contributed by atoms with Crippen molar-refractivity contribution in [1.29, 1.82) is 0 Å². The maximum atomic E-state index is 10.1. The molecule has 5 atom stereocenters. The van der Waals surface area contributed by atoms with Crippen LogP contribution in [0.15, 0.2) is 35.4 Å². The Morgan fingerprint density at radius 2 is 1.95 bits per heavy atom. The number of azide groups is 1. The second-order valence-electron chi connectivity index (χ2n) is 4.69. The molecule has 1 heterocycles. The summed E-state index contributed by atoms with van der Waals surface area (Å²) < 4.78 is 10.7. The van der Waals surface area contributed by atoms with Gasteiger partial charge in [-0.15, -0.1) is 0 Å². The van der Waals surface area contributed by atoms with E-state index in [1.165, 1.54) is 0 Å². The van der Waals surface area contributed by atoms with Crippen molar-refractivity contribution in [2.45, 2.75) is 37.3 Å². The third kappa shape index (κ3) is 3.70. The second kappa shape index (κ2) is 7.37. The van der Waals surface area contributed by atoms with Gasteiger partial charge in [0.15, 0.2) is 6.23 Å². The Hall–Kier alpha value is -1.67. The lowest BCUT2D eigenvalue weighted by molar-refractivity contribution is -0.242. The predicted octanol–water partition coefficient (Wildman–Crippen LogP) is 0.321. The van der Waals surface area contributed by atoms with E-state index >= 15 is 0 Å². The number of aliphatic hydroxyl groups is 3. The van der Waals surface area contributed by atoms with Crippen molar-refractivity contribution in [2.75, 3.05) is 6.61 Å². The van der Waals surface area contributed by atoms with Crippen molar-refractivity contribution in [1.82, 2.24) is 0 Å². The van der Waals surface area contributed by atoms with Crippen LogP contribution in [0.3, 0.4) is 0 Å². The summed E-state index contributed by atoms with van der Waals surface area (Å²) in [5.41, 5.74) is 9.32. The van der Waals surface area contributed by atoms with Crippen LogP contribution in [0.25, 0.3) is 10.4 Å². The van der Waals surface area contributed by atoms with Gasteiger partial charge in [0.05, 0.1) is 13.2 Å². The molecular formula is C13H17N3O5. The van der Waals surface area contributed by atoms with Gasteiger partial charge in [0.1, 0.15) is 24.4 Å². The average Bonchev–Trinajstić information content (AvgIpc) is 2.51. The van der Waals surface area contributed by atoms with E-state index in [2.05, 4.69) is 10.0 Å². The summed E-state index contributed by atoms with van der Waals surface area (Å²) in [6.07, 6.45) is -5.76. The van der Waals surface area contributed by atoms with Gasteiger partial charge in [-0.1, -0.05) is 35.4 Å². The van der Waals surface area contributed by atoms with Gasteiger partial charge in [0.2, 0.25) is 0 Å². The van der Waals surface area contributed by atoms with E-state index in [9.17, 15) is 15.3 Å². The first-order chi connectivity index (χ1) is 10.2. The van der Waals surface area contributed by atoms with Gasteiger partial charge < -0.3 is 24.8 Å². The van der Waals surface area contributed by atoms with E-state index in [0.29, 0.717) is 0 Å². The standard InChI is InChI=1S/C13H17N3O5/c14-16-15-13-11(19)12(10(18)9(6-17)21-13)20-7-8-4-2-1-3-5-8/h1-5,9-13,17-19H,6-7H2/t9-,10-,11-,12+,13?/m1/s1. The molecule has 0 saturated carbocycles. The van der Waals surface area contributed by atoms with Gasteiger partial charge in [-0.3, -0.25) is 0 Å². The van der Waals surface area contributed by atoms with E-state index in [0.717, 1.165) is 5.56 Å². The van der Waals surface area contributed by atoms with Gasteiger partial charge in [0.25, 0.3) is 0 Å². The minimum atomic E-state index is -1.32. The average molecular weight is 295 g/mol. The van der Waals surface area contributed by atoms with Gasteiger partial charge in [-0.05, 0) is 11.1 Å². The fourth-order valence-corrected chi connectivity index (χ4v) is 2.18. The van der Waals surface area contributed by atoms with Crippen molar-refractivity contribution >= 4 is 0 Å². The van der Waals surface area contributed by atoms with Gasteiger partial charge in [-0.25, -0.2) is 0 Å². The molecule has 0 spiro atoms. The second-order valence-corrected chi connectivity index (χ2v) is 4.69. The summed E-state index contributed by atoms with van der Waals surface area (Å²) in [7, 11) is 0. The van der Waals surface area contributed by atoms with Crippen LogP contribution in [0.2, 0.25) is 0 Å². The molecule has 0 amide bonds. The summed E-state index contributed by atoms with van der Waals surface area (Å²) in [6, 6.07) is 9.23. The first-order valence-electron chi connectivity index (χ1n) is 6.49. The Kier molecular flexibility index (Phi) is 5.51. The van der Waals surface area contributed by atoms with Crippen LogP contribution in [-0.2, 0) is 16.1 Å². The molecule has 21 heavy (non-hydrogen) atoms. The molecule has 2 rings (SSSR count). The van der Waals surface area contributed by atoms with E-state index in [-0.39, 0.29) is 6.61 Å². The van der Waals surface area contributed by atoms with Crippen LogP contribution in [0.4, 0.5) is 0 Å². The van der Waals surface area contributed by atoms with Crippen LogP contribution < -0.4 is 0 Å². The summed E-state index contributed by atoms with van der Waals surface area (Å²) in [6.45, 7) is -0.308. The van der Waals surface area contributed by atoms with Crippen molar-refractivity contribution in [2.24, 2.45) is 5.11 Å². The lowest BCUT2D eigenvalue weighted by Gasteiger charge is -2.40. The van der Waals surface area contributed by atoms with Crippen molar-refractivity contribution in [3.8, 4) is 0 Å². The minimum Gasteiger partial charge on any atom is -0.394 e. The molecule has 1 aromatic carbocycles. The maximum absolute atomic E-state index is 10.1. The first-order valence-corrected chi connectivity index (χ1v) is 6.49. The van der Waals surface area contributed by atoms with Gasteiger partial charge >= 0.3 is 0 Å². The van der Waals surface area contributed by atoms with Crippen LogP contribution in [0.5, 0.6) is 0 Å². The molecule has 8 nitrogen and oxygen atoms in total. The Balaban J connectivity index is 2.08. The number of nitrogens with zero attached hydrogens (tertiary/aromatic N) is 3. The Labute approximate surface area is 121 Å². The number of hydrogen-bond donors (Lipinski definition) is 3. The molecule has 1 unspecified atom stereocenters. The van der Waals surface area contributed by atoms with E-state index in [4.69, 9.17) is 15.0 Å². The molecule has 1 fully saturated rings. The highest BCUT2D eigenvalue weighted by molar-refractivity contribution is 5.13. The number of hydrogen-bond acceptors (Lipinski definition) is 6. The zero-order chi connectivity index (χ0) is 15.2. The lowest BCUT2D eigenvalue weighted by Crippen LogP contribution is -2.58. The Morgan fingerprint density at radius 3 is 2.57 bits per heavy atom. The minimum absolute atomic E-state index is 0.167. The predicted molar refractivity (Wildman–Crippen MR) is 71.9 cm³/mol. The zero-order valence-electron chi connectivity index (χ0n) is 11.2. The normalized spacial score (nSPS) is 32.4. The van der Waals surface area contributed by atoms with Crippen LogP contribution >= 0.6 is 0 Å². The van der Waals surface area contributed by atoms with Crippen LogP contribution in [0, 0.1) is 0 Å². The molecule has 8 heteroatoms. The van der Waals surface area contributed by atoms with Gasteiger partial charge in [-0.2, -0.15) is 0 Å². The number of ether oxygens (including phenoxy) is 2. The monoisotopic (exact) mass is 295 g/mol. The molecule has 114 valence electrons. The summed E-state index contributed by atoms with van der Waals surface area (Å²) in [4.78, 5) is 2.58. The molecule has 1 aliphatic rings. The zero-order valence-corrected chi connectivity index (χ0v) is 11.2. The summed E-state index contributed by atoms with van der Waals surface area (Å²) >= 11 is 0. The third-order valence-electron chi connectivity index (χ3n) is 3.29. The summed E-state index contributed by atoms with van der Waals surface area (Å²) in [5.74, 6) is 0. The van der Waals surface area contributed by atoms with Crippen LogP contribution in [-0.4, -0.2) is 52.6 Å². The molecule has 0 aromatic heterocycles. The number of benzene rings is 1. The van der Waals surface area contributed by atoms with Crippen molar-refractivity contribution < 1.29 is 24.8 Å². The molecule has 1 aliphatic heterocycles. The molecule has 3 N–H and O–H groups in total. The molecule has 0 aliphatic carbocycles. The highest BCUT2D eigenvalue weighted by atomic mass is 16.6.